The lowest BCUT2D eigenvalue weighted by molar-refractivity contribution is -0.130. The highest BCUT2D eigenvalue weighted by Crippen LogP contribution is 2.27. The van der Waals surface area contributed by atoms with Crippen LogP contribution in [0, 0.1) is 5.82 Å². The number of ether oxygens (including phenoxy) is 2. The maximum absolute atomic E-state index is 13.0. The van der Waals surface area contributed by atoms with Crippen molar-refractivity contribution in [3.63, 3.8) is 0 Å². The third kappa shape index (κ3) is 4.43. The van der Waals surface area contributed by atoms with E-state index in [1.807, 2.05) is 0 Å². The highest BCUT2D eigenvalue weighted by Gasteiger charge is 2.35. The van der Waals surface area contributed by atoms with Gasteiger partial charge in [0.1, 0.15) is 22.9 Å². The van der Waals surface area contributed by atoms with Crippen LogP contribution in [-0.4, -0.2) is 43.5 Å². The quantitative estimate of drug-likeness (QED) is 0.597. The van der Waals surface area contributed by atoms with Gasteiger partial charge in [-0.2, -0.15) is 0 Å². The molecule has 0 bridgehead atoms. The summed E-state index contributed by atoms with van der Waals surface area (Å²) in [7, 11) is 2.97. The van der Waals surface area contributed by atoms with E-state index in [1.54, 1.807) is 30.3 Å². The zero-order valence-electron chi connectivity index (χ0n) is 15.9. The zero-order valence-corrected chi connectivity index (χ0v) is 15.9. The van der Waals surface area contributed by atoms with Crippen molar-refractivity contribution in [2.75, 3.05) is 20.8 Å². The van der Waals surface area contributed by atoms with Crippen molar-refractivity contribution in [1.82, 2.24) is 10.2 Å². The normalized spacial score (nSPS) is 15.5. The van der Waals surface area contributed by atoms with E-state index in [1.165, 1.54) is 32.4 Å². The Hall–Kier alpha value is -3.68. The third-order valence-corrected chi connectivity index (χ3v) is 4.46. The van der Waals surface area contributed by atoms with Crippen molar-refractivity contribution in [1.29, 1.82) is 0 Å². The number of nitrogens with zero attached hydrogens (tertiary/aromatic N) is 1. The number of methoxy groups -OCH3 is 2. The summed E-state index contributed by atoms with van der Waals surface area (Å²) in [4.78, 5) is 38.1. The first kappa shape index (κ1) is 20.1. The summed E-state index contributed by atoms with van der Waals surface area (Å²) in [6, 6.07) is 9.89. The van der Waals surface area contributed by atoms with Gasteiger partial charge in [0.15, 0.2) is 0 Å². The van der Waals surface area contributed by atoms with Crippen molar-refractivity contribution >= 4 is 23.9 Å². The summed E-state index contributed by atoms with van der Waals surface area (Å²) in [5.41, 5.74) is 1.05. The topological polar surface area (TPSA) is 84.9 Å². The number of nitrogens with one attached hydrogen (secondary N) is 1. The maximum Gasteiger partial charge on any atom is 0.331 e. The monoisotopic (exact) mass is 398 g/mol. The standard InChI is InChI=1S/C21H19FN2O5/c1-28-16-8-5-14(18(12-16)29-2)11-17-19(25)23-21(27)24(20(17)26)10-9-13-3-6-15(22)7-4-13/h3-8,11-12H,9-10H2,1-2H3,(H,23,25,27). The molecule has 0 unspecified atom stereocenters. The molecule has 0 aliphatic carbocycles. The molecular formula is C21H19FN2O5. The van der Waals surface area contributed by atoms with E-state index < -0.39 is 17.8 Å². The molecule has 7 nitrogen and oxygen atoms in total. The predicted molar refractivity (Wildman–Crippen MR) is 103 cm³/mol. The number of halogens is 1. The Bertz CT molecular complexity index is 985. The molecule has 2 aromatic carbocycles. The number of benzene rings is 2. The predicted octanol–water partition coefficient (Wildman–Crippen LogP) is 2.55. The SMILES string of the molecule is COc1ccc(C=C2C(=O)NC(=O)N(CCc3ccc(F)cc3)C2=O)c(OC)c1. The highest BCUT2D eigenvalue weighted by atomic mass is 19.1. The Morgan fingerprint density at radius 1 is 1.03 bits per heavy atom. The second-order valence-electron chi connectivity index (χ2n) is 6.26. The number of urea groups is 1. The van der Waals surface area contributed by atoms with Crippen LogP contribution in [0.4, 0.5) is 9.18 Å². The fraction of sp³-hybridized carbons (Fsp3) is 0.190. The lowest BCUT2D eigenvalue weighted by atomic mass is 10.1. The molecule has 150 valence electrons. The summed E-state index contributed by atoms with van der Waals surface area (Å²) in [6.07, 6.45) is 1.69. The molecule has 8 heteroatoms. The molecule has 1 aliphatic heterocycles. The van der Waals surface area contributed by atoms with Gasteiger partial charge < -0.3 is 9.47 Å². The van der Waals surface area contributed by atoms with Gasteiger partial charge in [-0.05, 0) is 42.3 Å². The van der Waals surface area contributed by atoms with Gasteiger partial charge >= 0.3 is 6.03 Å². The number of carbonyl (C=O) groups excluding carboxylic acids is 3. The lowest BCUT2D eigenvalue weighted by Crippen LogP contribution is -2.54. The van der Waals surface area contributed by atoms with Crippen LogP contribution in [-0.2, 0) is 16.0 Å². The van der Waals surface area contributed by atoms with Gasteiger partial charge in [-0.3, -0.25) is 19.8 Å². The van der Waals surface area contributed by atoms with Gasteiger partial charge in [0.2, 0.25) is 0 Å². The van der Waals surface area contributed by atoms with Gasteiger partial charge in [0.05, 0.1) is 14.2 Å². The highest BCUT2D eigenvalue weighted by molar-refractivity contribution is 6.31. The minimum atomic E-state index is -0.791. The maximum atomic E-state index is 13.0. The molecule has 2 aromatic rings. The molecule has 4 amide bonds. The molecule has 1 heterocycles. The first-order valence-corrected chi connectivity index (χ1v) is 8.78. The average Bonchev–Trinajstić information content (AvgIpc) is 2.72. The molecule has 1 aliphatic rings. The van der Waals surface area contributed by atoms with Crippen molar-refractivity contribution in [3.8, 4) is 11.5 Å². The number of hydrogen-bond donors (Lipinski definition) is 1. The summed E-state index contributed by atoms with van der Waals surface area (Å²) >= 11 is 0. The van der Waals surface area contributed by atoms with Gasteiger partial charge in [-0.15, -0.1) is 0 Å². The molecule has 29 heavy (non-hydrogen) atoms. The number of rotatable bonds is 6. The van der Waals surface area contributed by atoms with Crippen LogP contribution >= 0.6 is 0 Å². The second-order valence-corrected chi connectivity index (χ2v) is 6.26. The first-order chi connectivity index (χ1) is 13.9. The summed E-state index contributed by atoms with van der Waals surface area (Å²) in [5, 5.41) is 2.17. The number of amides is 4. The van der Waals surface area contributed by atoms with E-state index in [9.17, 15) is 18.8 Å². The number of carbonyl (C=O) groups is 3. The molecule has 0 saturated carbocycles. The molecule has 1 fully saturated rings. The van der Waals surface area contributed by atoms with E-state index >= 15 is 0 Å². The molecule has 0 atom stereocenters. The summed E-state index contributed by atoms with van der Waals surface area (Å²) < 4.78 is 23.4. The van der Waals surface area contributed by atoms with Crippen LogP contribution in [0.3, 0.4) is 0 Å². The minimum absolute atomic E-state index is 0.0423. The van der Waals surface area contributed by atoms with Crippen LogP contribution in [0.15, 0.2) is 48.0 Å². The molecule has 0 aromatic heterocycles. The van der Waals surface area contributed by atoms with Crippen molar-refractivity contribution in [2.45, 2.75) is 6.42 Å². The van der Waals surface area contributed by atoms with E-state index in [2.05, 4.69) is 5.32 Å². The Morgan fingerprint density at radius 2 is 1.76 bits per heavy atom. The minimum Gasteiger partial charge on any atom is -0.497 e. The molecule has 3 rings (SSSR count). The average molecular weight is 398 g/mol. The Kier molecular flexibility index (Phi) is 5.92. The summed E-state index contributed by atoms with van der Waals surface area (Å²) in [5.74, 6) is -0.897. The summed E-state index contributed by atoms with van der Waals surface area (Å²) in [6.45, 7) is 0.0423. The Morgan fingerprint density at radius 3 is 2.41 bits per heavy atom. The Labute approximate surface area is 166 Å². The van der Waals surface area contributed by atoms with E-state index in [0.29, 0.717) is 23.5 Å². The molecule has 0 spiro atoms. The van der Waals surface area contributed by atoms with Crippen LogP contribution in [0.1, 0.15) is 11.1 Å². The van der Waals surface area contributed by atoms with E-state index in [-0.39, 0.29) is 17.9 Å². The van der Waals surface area contributed by atoms with Gasteiger partial charge in [0.25, 0.3) is 11.8 Å². The largest absolute Gasteiger partial charge is 0.497 e. The smallest absolute Gasteiger partial charge is 0.331 e. The third-order valence-electron chi connectivity index (χ3n) is 4.46. The second kappa shape index (κ2) is 8.55. The Balaban J connectivity index is 1.84. The number of imide groups is 2. The fourth-order valence-electron chi connectivity index (χ4n) is 2.88. The van der Waals surface area contributed by atoms with Crippen LogP contribution in [0.25, 0.3) is 6.08 Å². The van der Waals surface area contributed by atoms with Crippen LogP contribution in [0.5, 0.6) is 11.5 Å². The van der Waals surface area contributed by atoms with Gasteiger partial charge in [-0.25, -0.2) is 9.18 Å². The van der Waals surface area contributed by atoms with Crippen molar-refractivity contribution in [2.24, 2.45) is 0 Å². The molecule has 1 saturated heterocycles. The van der Waals surface area contributed by atoms with Gasteiger partial charge in [0, 0.05) is 18.2 Å². The van der Waals surface area contributed by atoms with Crippen molar-refractivity contribution < 1.29 is 28.2 Å². The zero-order chi connectivity index (χ0) is 21.0. The first-order valence-electron chi connectivity index (χ1n) is 8.78. The van der Waals surface area contributed by atoms with E-state index in [4.69, 9.17) is 9.47 Å². The number of hydrogen-bond acceptors (Lipinski definition) is 5. The van der Waals surface area contributed by atoms with Crippen LogP contribution < -0.4 is 14.8 Å². The molecular weight excluding hydrogens is 379 g/mol. The van der Waals surface area contributed by atoms with Crippen molar-refractivity contribution in [3.05, 3.63) is 65.0 Å². The lowest BCUT2D eigenvalue weighted by Gasteiger charge is -2.26. The van der Waals surface area contributed by atoms with Crippen LogP contribution in [0.2, 0.25) is 0 Å². The number of barbiturate groups is 1. The fourth-order valence-corrected chi connectivity index (χ4v) is 2.88. The van der Waals surface area contributed by atoms with E-state index in [0.717, 1.165) is 10.5 Å². The van der Waals surface area contributed by atoms with Gasteiger partial charge in [-0.1, -0.05) is 12.1 Å². The molecule has 0 radical (unpaired) electrons. The molecule has 1 N–H and O–H groups in total.